The number of hydrogen-bond acceptors (Lipinski definition) is 11. The van der Waals surface area contributed by atoms with Crippen molar-refractivity contribution >= 4 is 59.3 Å². The molecule has 19 heteroatoms. The number of likely N-dealkylation sites (N-methyl/N-ethyl adjacent to an activating group) is 2. The van der Waals surface area contributed by atoms with Crippen molar-refractivity contribution in [2.45, 2.75) is 192 Å². The van der Waals surface area contributed by atoms with E-state index in [1.807, 2.05) is 75.4 Å². The van der Waals surface area contributed by atoms with Crippen LogP contribution in [0.3, 0.4) is 0 Å². The van der Waals surface area contributed by atoms with E-state index in [1.165, 1.54) is 24.4 Å². The van der Waals surface area contributed by atoms with E-state index in [0.717, 1.165) is 76.6 Å². The molecule has 18 nitrogen and oxygen atoms in total. The first-order valence-electron chi connectivity index (χ1n) is 28.2. The maximum Gasteiger partial charge on any atom is 0.410 e. The average Bonchev–Trinajstić information content (AvgIpc) is 3.87. The van der Waals surface area contributed by atoms with Crippen molar-refractivity contribution in [3.8, 4) is 0 Å². The number of benzene rings is 3. The first kappa shape index (κ1) is 61.2. The molecule has 0 aromatic heterocycles. The molecule has 2 aliphatic heterocycles. The number of hydrogen-bond donors (Lipinski definition) is 6. The highest BCUT2D eigenvalue weighted by Crippen LogP contribution is 2.39. The summed E-state index contributed by atoms with van der Waals surface area (Å²) < 4.78 is 4.27. The van der Waals surface area contributed by atoms with Gasteiger partial charge in [0.05, 0.1) is 23.9 Å². The number of likely N-dealkylation sites (tertiary alicyclic amines) is 1. The Morgan fingerprint density at radius 1 is 0.713 bits per heavy atom. The molecule has 0 saturated carbocycles. The van der Waals surface area contributed by atoms with Gasteiger partial charge in [-0.2, -0.15) is 0 Å². The number of aliphatic carboxylic acids is 1. The van der Waals surface area contributed by atoms with Crippen molar-refractivity contribution in [2.24, 2.45) is 5.41 Å². The van der Waals surface area contributed by atoms with Gasteiger partial charge in [-0.3, -0.25) is 38.5 Å². The molecular weight excluding hydrogens is 1040 g/mol. The van der Waals surface area contributed by atoms with E-state index < -0.39 is 87.6 Å². The molecule has 7 rings (SSSR count). The van der Waals surface area contributed by atoms with Gasteiger partial charge < -0.3 is 46.2 Å². The quantitative estimate of drug-likeness (QED) is 0.0852. The number of aryl methyl sites for hydroxylation is 2. The lowest BCUT2D eigenvalue weighted by atomic mass is 9.85. The number of carbonyl (C=O) groups is 8. The lowest BCUT2D eigenvalue weighted by molar-refractivity contribution is -0.146. The topological polar surface area (TPSA) is 236 Å². The van der Waals surface area contributed by atoms with E-state index in [2.05, 4.69) is 38.7 Å². The molecule has 1 fully saturated rings. The average molecular weight is 1120 g/mol. The van der Waals surface area contributed by atoms with Gasteiger partial charge in [-0.25, -0.2) is 4.79 Å². The standard InChI is InChI=1S/C61H84N8O10S/c1-35(62-11)52(72)65-50(59(3,4)5)56(76)68-33-42(31-48(68)55(75)64-46-26-18-22-38-20-14-16-24-44(38)46)39-27-28-40-30-47(54(74)63-45-25-17-21-37-19-13-15-23-43(37)45)69(32-41(40)29-39)57(77)51(61(9,10)80-34-49(70)71)66-53(73)36(2)67(12)58(78)79-60(6,7)8/h13-16,19-20,23-24,27-29,35-36,42,45-48,50-51,62H,17-18,21-22,25-26,30-34H2,1-12H3,(H,63,74)(H,64,75)(H,65,72)(H,66,73)(H,70,71)/t35-,36-,42?,45?,46+,47?,48-,50+,51?/m0/s1. The zero-order chi connectivity index (χ0) is 58.6. The number of nitrogens with one attached hydrogen (secondary N) is 5. The molecule has 80 heavy (non-hydrogen) atoms. The summed E-state index contributed by atoms with van der Waals surface area (Å²) in [5.41, 5.74) is 5.10. The molecule has 3 aromatic rings. The maximum atomic E-state index is 15.7. The van der Waals surface area contributed by atoms with Gasteiger partial charge >= 0.3 is 12.1 Å². The highest BCUT2D eigenvalue weighted by Gasteiger charge is 2.48. The van der Waals surface area contributed by atoms with Gasteiger partial charge in [0.2, 0.25) is 35.4 Å². The second-order valence-corrected chi connectivity index (χ2v) is 26.4. The van der Waals surface area contributed by atoms with Crippen LogP contribution in [-0.2, 0) is 64.1 Å². The molecule has 0 radical (unpaired) electrons. The van der Waals surface area contributed by atoms with Crippen LogP contribution < -0.4 is 26.6 Å². The Labute approximate surface area is 476 Å². The number of ether oxygens (including phenoxy) is 1. The lowest BCUT2D eigenvalue weighted by Gasteiger charge is -2.42. The van der Waals surface area contributed by atoms with Crippen LogP contribution in [0.5, 0.6) is 0 Å². The Kier molecular flexibility index (Phi) is 19.2. The third-order valence-electron chi connectivity index (χ3n) is 16.3. The molecule has 2 heterocycles. The van der Waals surface area contributed by atoms with Crippen LogP contribution in [0.4, 0.5) is 4.79 Å². The van der Waals surface area contributed by atoms with E-state index in [9.17, 15) is 33.9 Å². The molecule has 0 spiro atoms. The fourth-order valence-corrected chi connectivity index (χ4v) is 12.2. The van der Waals surface area contributed by atoms with Gasteiger partial charge in [0.25, 0.3) is 0 Å². The van der Waals surface area contributed by atoms with Crippen LogP contribution in [0, 0.1) is 5.41 Å². The van der Waals surface area contributed by atoms with Gasteiger partial charge in [-0.15, -0.1) is 11.8 Å². The van der Waals surface area contributed by atoms with Crippen LogP contribution in [0.2, 0.25) is 0 Å². The van der Waals surface area contributed by atoms with Gasteiger partial charge in [0.1, 0.15) is 35.8 Å². The number of fused-ring (bicyclic) bond motifs is 3. The highest BCUT2D eigenvalue weighted by molar-refractivity contribution is 8.01. The summed E-state index contributed by atoms with van der Waals surface area (Å²) in [5, 5.41) is 25.3. The summed E-state index contributed by atoms with van der Waals surface area (Å²) in [6.45, 7) is 17.4. The lowest BCUT2D eigenvalue weighted by Crippen LogP contribution is -2.64. The fraction of sp³-hybridized carbons (Fsp3) is 0.574. The second kappa shape index (κ2) is 25.1. The number of amides is 7. The van der Waals surface area contributed by atoms with E-state index in [4.69, 9.17) is 4.74 Å². The number of carboxylic acid groups (broad SMARTS) is 1. The third kappa shape index (κ3) is 14.3. The molecule has 4 aliphatic rings. The normalized spacial score (nSPS) is 21.5. The van der Waals surface area contributed by atoms with Gasteiger partial charge in [-0.1, -0.05) is 87.5 Å². The minimum Gasteiger partial charge on any atom is -0.481 e. The van der Waals surface area contributed by atoms with Crippen molar-refractivity contribution in [1.29, 1.82) is 0 Å². The molecule has 434 valence electrons. The van der Waals surface area contributed by atoms with Crippen LogP contribution in [0.1, 0.15) is 158 Å². The Morgan fingerprint density at radius 2 is 1.26 bits per heavy atom. The smallest absolute Gasteiger partial charge is 0.410 e. The SMILES string of the molecule is CN[C@@H](C)C(=O)N[C@H](C(=O)N1CC(c2ccc3c(c2)CN(C(=O)C(NC(=O)[C@H](C)N(C)C(=O)OC(C)(C)C)C(C)(C)SCC(=O)O)C(C(=O)NC2CCCc4ccccc42)C3)C[C@H]1C(=O)N[C@@H]1CCCc2ccccc21)C(C)(C)C. The molecule has 9 atom stereocenters. The van der Waals surface area contributed by atoms with Crippen LogP contribution in [-0.4, -0.2) is 140 Å². The number of thioether (sulfide) groups is 1. The zero-order valence-electron chi connectivity index (χ0n) is 48.7. The van der Waals surface area contributed by atoms with Gasteiger partial charge in [0, 0.05) is 37.2 Å². The Hall–Kier alpha value is -6.47. The predicted molar refractivity (Wildman–Crippen MR) is 307 cm³/mol. The summed E-state index contributed by atoms with van der Waals surface area (Å²) >= 11 is 0.961. The molecule has 3 aromatic carbocycles. The molecule has 6 N–H and O–H groups in total. The van der Waals surface area contributed by atoms with Crippen LogP contribution in [0.15, 0.2) is 66.7 Å². The number of carbonyl (C=O) groups excluding carboxylic acids is 7. The highest BCUT2D eigenvalue weighted by atomic mass is 32.2. The molecule has 0 bridgehead atoms. The van der Waals surface area contributed by atoms with Gasteiger partial charge in [-0.05, 0) is 145 Å². The summed E-state index contributed by atoms with van der Waals surface area (Å²) in [6, 6.07) is 15.3. The van der Waals surface area contributed by atoms with Crippen molar-refractivity contribution in [3.05, 3.63) is 106 Å². The Balaban J connectivity index is 1.25. The van der Waals surface area contributed by atoms with Crippen LogP contribution in [0.25, 0.3) is 0 Å². The van der Waals surface area contributed by atoms with Crippen molar-refractivity contribution in [2.75, 3.05) is 26.4 Å². The predicted octanol–water partition coefficient (Wildman–Crippen LogP) is 6.49. The fourth-order valence-electron chi connectivity index (χ4n) is 11.4. The van der Waals surface area contributed by atoms with E-state index in [-0.39, 0.29) is 61.7 Å². The van der Waals surface area contributed by atoms with Crippen molar-refractivity contribution in [1.82, 2.24) is 41.3 Å². The number of nitrogens with zero attached hydrogens (tertiary/aromatic N) is 3. The monoisotopic (exact) mass is 1120 g/mol. The first-order valence-corrected chi connectivity index (χ1v) is 29.2. The number of carboxylic acids is 1. The first-order chi connectivity index (χ1) is 37.6. The third-order valence-corrected chi connectivity index (χ3v) is 17.7. The minimum atomic E-state index is -1.40. The number of rotatable bonds is 17. The Bertz CT molecular complexity index is 2830. The molecule has 4 unspecified atom stereocenters. The summed E-state index contributed by atoms with van der Waals surface area (Å²) in [4.78, 5) is 118. The summed E-state index contributed by atoms with van der Waals surface area (Å²) in [6.07, 6.45) is 4.55. The molecule has 2 aliphatic carbocycles. The van der Waals surface area contributed by atoms with Crippen molar-refractivity contribution < 1.29 is 48.2 Å². The summed E-state index contributed by atoms with van der Waals surface area (Å²) in [7, 11) is 3.08. The van der Waals surface area contributed by atoms with Crippen molar-refractivity contribution in [3.63, 3.8) is 0 Å². The second-order valence-electron chi connectivity index (χ2n) is 24.8. The largest absolute Gasteiger partial charge is 0.481 e. The van der Waals surface area contributed by atoms with Gasteiger partial charge in [0.15, 0.2) is 0 Å². The zero-order valence-corrected chi connectivity index (χ0v) is 49.5. The van der Waals surface area contributed by atoms with E-state index in [1.54, 1.807) is 53.5 Å². The van der Waals surface area contributed by atoms with Crippen LogP contribution >= 0.6 is 11.8 Å². The molecule has 7 amide bonds. The Morgan fingerprint density at radius 3 is 1.81 bits per heavy atom. The van der Waals surface area contributed by atoms with E-state index in [0.29, 0.717) is 12.0 Å². The summed E-state index contributed by atoms with van der Waals surface area (Å²) in [5.74, 6) is -4.65. The maximum absolute atomic E-state index is 15.7. The minimum absolute atomic E-state index is 0.0805. The molecular formula is C61H84N8O10S. The molecule has 1 saturated heterocycles. The van der Waals surface area contributed by atoms with E-state index >= 15 is 9.59 Å².